The predicted molar refractivity (Wildman–Crippen MR) is 75.4 cm³/mol. The number of amides is 1. The standard InChI is InChI=1S/C12H11Br2NO3/c13-5-7-3-11(16)15(6-7)10-2-1-8(12(17)18)4-9(10)14/h1-2,4,7H,3,5-6H2,(H,17,18). The van der Waals surface area contributed by atoms with Gasteiger partial charge in [-0.15, -0.1) is 0 Å². The molecule has 1 aliphatic heterocycles. The Kier molecular flexibility index (Phi) is 4.07. The minimum atomic E-state index is -0.978. The summed E-state index contributed by atoms with van der Waals surface area (Å²) in [5.74, 6) is -0.597. The molecule has 18 heavy (non-hydrogen) atoms. The molecule has 96 valence electrons. The van der Waals surface area contributed by atoms with Crippen LogP contribution in [0.4, 0.5) is 5.69 Å². The minimum Gasteiger partial charge on any atom is -0.478 e. The van der Waals surface area contributed by atoms with Crippen LogP contribution in [0, 0.1) is 5.92 Å². The van der Waals surface area contributed by atoms with Crippen LogP contribution in [0.1, 0.15) is 16.8 Å². The summed E-state index contributed by atoms with van der Waals surface area (Å²) in [6.45, 7) is 0.662. The Morgan fingerprint density at radius 2 is 2.22 bits per heavy atom. The van der Waals surface area contributed by atoms with Crippen molar-refractivity contribution in [2.75, 3.05) is 16.8 Å². The number of nitrogens with zero attached hydrogens (tertiary/aromatic N) is 1. The highest BCUT2D eigenvalue weighted by atomic mass is 79.9. The summed E-state index contributed by atoms with van der Waals surface area (Å²) in [4.78, 5) is 24.4. The van der Waals surface area contributed by atoms with Gasteiger partial charge in [0, 0.05) is 22.8 Å². The topological polar surface area (TPSA) is 57.6 Å². The lowest BCUT2D eigenvalue weighted by Gasteiger charge is -2.18. The van der Waals surface area contributed by atoms with Crippen LogP contribution in [-0.4, -0.2) is 28.9 Å². The number of carboxylic acids is 1. The fraction of sp³-hybridized carbons (Fsp3) is 0.333. The van der Waals surface area contributed by atoms with E-state index in [2.05, 4.69) is 31.9 Å². The molecule has 1 fully saturated rings. The second-order valence-corrected chi connectivity index (χ2v) is 5.70. The van der Waals surface area contributed by atoms with E-state index in [1.165, 1.54) is 12.1 Å². The number of halogens is 2. The van der Waals surface area contributed by atoms with Gasteiger partial charge in [-0.2, -0.15) is 0 Å². The molecule has 1 aromatic rings. The van der Waals surface area contributed by atoms with Gasteiger partial charge in [-0.25, -0.2) is 4.79 Å². The smallest absolute Gasteiger partial charge is 0.335 e. The lowest BCUT2D eigenvalue weighted by atomic mass is 10.1. The molecular formula is C12H11Br2NO3. The second-order valence-electron chi connectivity index (χ2n) is 4.20. The van der Waals surface area contributed by atoms with Crippen molar-refractivity contribution in [2.24, 2.45) is 5.92 Å². The van der Waals surface area contributed by atoms with Crippen LogP contribution >= 0.6 is 31.9 Å². The van der Waals surface area contributed by atoms with Gasteiger partial charge in [-0.1, -0.05) is 15.9 Å². The van der Waals surface area contributed by atoms with E-state index < -0.39 is 5.97 Å². The Labute approximate surface area is 121 Å². The van der Waals surface area contributed by atoms with Crippen molar-refractivity contribution < 1.29 is 14.7 Å². The van der Waals surface area contributed by atoms with Crippen molar-refractivity contribution in [3.05, 3.63) is 28.2 Å². The molecular weight excluding hydrogens is 366 g/mol. The molecule has 6 heteroatoms. The van der Waals surface area contributed by atoms with Gasteiger partial charge in [0.1, 0.15) is 0 Å². The quantitative estimate of drug-likeness (QED) is 0.825. The van der Waals surface area contributed by atoms with Gasteiger partial charge in [-0.3, -0.25) is 4.79 Å². The molecule has 0 aliphatic carbocycles. The van der Waals surface area contributed by atoms with Gasteiger partial charge in [0.15, 0.2) is 0 Å². The third kappa shape index (κ3) is 2.59. The van der Waals surface area contributed by atoms with Gasteiger partial charge < -0.3 is 10.0 Å². The van der Waals surface area contributed by atoms with Crippen LogP contribution in [0.25, 0.3) is 0 Å². The number of alkyl halides is 1. The van der Waals surface area contributed by atoms with E-state index in [4.69, 9.17) is 5.11 Å². The van der Waals surface area contributed by atoms with E-state index in [9.17, 15) is 9.59 Å². The average molecular weight is 377 g/mol. The number of carboxylic acid groups (broad SMARTS) is 1. The first-order chi connectivity index (χ1) is 8.52. The zero-order chi connectivity index (χ0) is 13.3. The fourth-order valence-corrected chi connectivity index (χ4v) is 3.00. The van der Waals surface area contributed by atoms with E-state index in [0.29, 0.717) is 23.4 Å². The number of carbonyl (C=O) groups is 2. The largest absolute Gasteiger partial charge is 0.478 e. The van der Waals surface area contributed by atoms with E-state index >= 15 is 0 Å². The predicted octanol–water partition coefficient (Wildman–Crippen LogP) is 2.90. The van der Waals surface area contributed by atoms with E-state index in [0.717, 1.165) is 11.0 Å². The molecule has 0 spiro atoms. The van der Waals surface area contributed by atoms with E-state index in [1.807, 2.05) is 0 Å². The van der Waals surface area contributed by atoms with Crippen molar-refractivity contribution in [1.29, 1.82) is 0 Å². The van der Waals surface area contributed by atoms with Gasteiger partial charge in [0.2, 0.25) is 5.91 Å². The first-order valence-corrected chi connectivity index (χ1v) is 7.33. The summed E-state index contributed by atoms with van der Waals surface area (Å²) in [6.07, 6.45) is 0.526. The van der Waals surface area contributed by atoms with Crippen LogP contribution in [0.2, 0.25) is 0 Å². The Morgan fingerprint density at radius 1 is 1.50 bits per heavy atom. The van der Waals surface area contributed by atoms with Crippen molar-refractivity contribution >= 4 is 49.4 Å². The monoisotopic (exact) mass is 375 g/mol. The number of rotatable bonds is 3. The van der Waals surface area contributed by atoms with Crippen LogP contribution in [-0.2, 0) is 4.79 Å². The summed E-state index contributed by atoms with van der Waals surface area (Å²) in [5, 5.41) is 9.68. The lowest BCUT2D eigenvalue weighted by Crippen LogP contribution is -2.25. The number of aromatic carboxylic acids is 1. The minimum absolute atomic E-state index is 0.0724. The Hall–Kier alpha value is -0.880. The Morgan fingerprint density at radius 3 is 2.72 bits per heavy atom. The van der Waals surface area contributed by atoms with Gasteiger partial charge in [0.25, 0.3) is 0 Å². The number of hydrogen-bond acceptors (Lipinski definition) is 2. The highest BCUT2D eigenvalue weighted by Gasteiger charge is 2.30. The molecule has 1 aromatic carbocycles. The first kappa shape index (κ1) is 13.5. The van der Waals surface area contributed by atoms with Crippen LogP contribution < -0.4 is 4.90 Å². The SMILES string of the molecule is O=C(O)c1ccc(N2CC(CBr)CC2=O)c(Br)c1. The molecule has 1 N–H and O–H groups in total. The molecule has 1 saturated heterocycles. The Bertz CT molecular complexity index is 504. The van der Waals surface area contributed by atoms with Crippen LogP contribution in [0.5, 0.6) is 0 Å². The summed E-state index contributed by atoms with van der Waals surface area (Å²) in [6, 6.07) is 4.70. The molecule has 0 bridgehead atoms. The maximum Gasteiger partial charge on any atom is 0.335 e. The van der Waals surface area contributed by atoms with Crippen LogP contribution in [0.15, 0.2) is 22.7 Å². The summed E-state index contributed by atoms with van der Waals surface area (Å²) < 4.78 is 0.631. The van der Waals surface area contributed by atoms with Crippen LogP contribution in [0.3, 0.4) is 0 Å². The summed E-state index contributed by atoms with van der Waals surface area (Å²) >= 11 is 6.71. The average Bonchev–Trinajstić information content (AvgIpc) is 2.70. The molecule has 1 heterocycles. The van der Waals surface area contributed by atoms with Gasteiger partial charge in [0.05, 0.1) is 11.3 Å². The lowest BCUT2D eigenvalue weighted by molar-refractivity contribution is -0.117. The van der Waals surface area contributed by atoms with Crippen molar-refractivity contribution in [2.45, 2.75) is 6.42 Å². The zero-order valence-corrected chi connectivity index (χ0v) is 12.6. The molecule has 0 saturated carbocycles. The van der Waals surface area contributed by atoms with E-state index in [-0.39, 0.29) is 11.5 Å². The molecule has 4 nitrogen and oxygen atoms in total. The van der Waals surface area contributed by atoms with Crippen molar-refractivity contribution in [3.63, 3.8) is 0 Å². The molecule has 0 radical (unpaired) electrons. The Balaban J connectivity index is 2.29. The normalized spacial score (nSPS) is 19.3. The molecule has 1 amide bonds. The molecule has 1 unspecified atom stereocenters. The number of carbonyl (C=O) groups excluding carboxylic acids is 1. The summed E-state index contributed by atoms with van der Waals surface area (Å²) in [5.41, 5.74) is 0.933. The fourth-order valence-electron chi connectivity index (χ4n) is 1.98. The second kappa shape index (κ2) is 5.40. The van der Waals surface area contributed by atoms with Gasteiger partial charge >= 0.3 is 5.97 Å². The van der Waals surface area contributed by atoms with E-state index in [1.54, 1.807) is 11.0 Å². The zero-order valence-electron chi connectivity index (χ0n) is 9.40. The number of hydrogen-bond donors (Lipinski definition) is 1. The molecule has 1 aliphatic rings. The maximum atomic E-state index is 11.9. The first-order valence-electron chi connectivity index (χ1n) is 5.42. The number of anilines is 1. The van der Waals surface area contributed by atoms with Gasteiger partial charge in [-0.05, 0) is 40.0 Å². The maximum absolute atomic E-state index is 11.9. The van der Waals surface area contributed by atoms with Crippen molar-refractivity contribution in [3.8, 4) is 0 Å². The molecule has 1 atom stereocenters. The van der Waals surface area contributed by atoms with Crippen molar-refractivity contribution in [1.82, 2.24) is 0 Å². The number of benzene rings is 1. The highest BCUT2D eigenvalue weighted by Crippen LogP contribution is 2.32. The molecule has 0 aromatic heterocycles. The summed E-state index contributed by atoms with van der Waals surface area (Å²) in [7, 11) is 0. The third-order valence-corrected chi connectivity index (χ3v) is 4.46. The highest BCUT2D eigenvalue weighted by molar-refractivity contribution is 9.10. The third-order valence-electron chi connectivity index (χ3n) is 2.91. The molecule has 2 rings (SSSR count).